The van der Waals surface area contributed by atoms with Crippen molar-refractivity contribution in [2.24, 2.45) is 5.14 Å². The number of fused-ring (bicyclic) bond motifs is 3. The van der Waals surface area contributed by atoms with E-state index in [1.54, 1.807) is 27.7 Å². The zero-order chi connectivity index (χ0) is 15.7. The molecule has 21 heavy (non-hydrogen) atoms. The summed E-state index contributed by atoms with van der Waals surface area (Å²) in [6, 6.07) is 0. The van der Waals surface area contributed by atoms with E-state index in [1.165, 1.54) is 0 Å². The summed E-state index contributed by atoms with van der Waals surface area (Å²) in [5.74, 6) is -3.24. The van der Waals surface area contributed by atoms with Crippen LogP contribution in [0, 0.1) is 0 Å². The van der Waals surface area contributed by atoms with E-state index in [0.717, 1.165) is 0 Å². The van der Waals surface area contributed by atoms with E-state index in [-0.39, 0.29) is 0 Å². The molecule has 10 heteroatoms. The molecule has 0 aromatic heterocycles. The Labute approximate surface area is 122 Å². The Balaban J connectivity index is 1.85. The van der Waals surface area contributed by atoms with Crippen LogP contribution in [0.1, 0.15) is 27.7 Å². The lowest BCUT2D eigenvalue weighted by atomic mass is 10.1. The van der Waals surface area contributed by atoms with Gasteiger partial charge in [-0.05, 0) is 27.7 Å². The van der Waals surface area contributed by atoms with Crippen molar-refractivity contribution < 1.29 is 36.3 Å². The molecule has 0 aromatic rings. The van der Waals surface area contributed by atoms with E-state index in [4.69, 9.17) is 28.8 Å². The van der Waals surface area contributed by atoms with Gasteiger partial charge < -0.3 is 23.7 Å². The molecule has 3 rings (SSSR count). The monoisotopic (exact) mass is 325 g/mol. The molecule has 122 valence electrons. The molecule has 0 spiro atoms. The largest absolute Gasteiger partial charge is 0.339 e. The van der Waals surface area contributed by atoms with Gasteiger partial charge in [0.2, 0.25) is 5.79 Å². The Morgan fingerprint density at radius 2 is 1.71 bits per heavy atom. The van der Waals surface area contributed by atoms with Gasteiger partial charge in [0.15, 0.2) is 17.9 Å². The molecule has 2 N–H and O–H groups in total. The van der Waals surface area contributed by atoms with E-state index in [0.29, 0.717) is 0 Å². The number of rotatable bonds is 3. The maximum absolute atomic E-state index is 11.0. The van der Waals surface area contributed by atoms with Crippen LogP contribution in [0.15, 0.2) is 0 Å². The van der Waals surface area contributed by atoms with Gasteiger partial charge in [0.05, 0.1) is 0 Å². The van der Waals surface area contributed by atoms with Crippen molar-refractivity contribution in [3.8, 4) is 0 Å². The third kappa shape index (κ3) is 2.82. The van der Waals surface area contributed by atoms with Crippen LogP contribution in [-0.4, -0.2) is 50.9 Å². The Hall–Kier alpha value is -0.330. The van der Waals surface area contributed by atoms with Crippen molar-refractivity contribution in [1.82, 2.24) is 0 Å². The maximum atomic E-state index is 11.0. The Kier molecular flexibility index (Phi) is 3.23. The lowest BCUT2D eigenvalue weighted by Gasteiger charge is -2.29. The van der Waals surface area contributed by atoms with E-state index in [1.807, 2.05) is 0 Å². The fourth-order valence-electron chi connectivity index (χ4n) is 2.86. The summed E-state index contributed by atoms with van der Waals surface area (Å²) in [7, 11) is -4.14. The molecule has 0 amide bonds. The van der Waals surface area contributed by atoms with E-state index in [9.17, 15) is 8.42 Å². The van der Waals surface area contributed by atoms with Crippen LogP contribution in [0.5, 0.6) is 0 Å². The Bertz CT molecular complexity index is 546. The van der Waals surface area contributed by atoms with E-state index < -0.39 is 52.8 Å². The number of ether oxygens (including phenoxy) is 5. The highest BCUT2D eigenvalue weighted by atomic mass is 32.2. The molecule has 1 unspecified atom stereocenters. The SMILES string of the molecule is CC1(C)O[C@@H]2O[C@@]3(COS(N)(=O)=O)OC(C)(C)OC3[C@@H]2O1. The van der Waals surface area contributed by atoms with Gasteiger partial charge in [0.25, 0.3) is 0 Å². The van der Waals surface area contributed by atoms with Gasteiger partial charge in [-0.3, -0.25) is 4.18 Å². The first-order valence-electron chi connectivity index (χ1n) is 6.50. The van der Waals surface area contributed by atoms with E-state index >= 15 is 0 Å². The van der Waals surface area contributed by atoms with Crippen LogP contribution in [0.2, 0.25) is 0 Å². The zero-order valence-electron chi connectivity index (χ0n) is 12.2. The topological polar surface area (TPSA) is 116 Å². The number of hydrogen-bond donors (Lipinski definition) is 1. The van der Waals surface area contributed by atoms with Gasteiger partial charge in [0, 0.05) is 0 Å². The van der Waals surface area contributed by atoms with Crippen molar-refractivity contribution in [2.45, 2.75) is 63.6 Å². The Morgan fingerprint density at radius 3 is 2.33 bits per heavy atom. The molecule has 3 aliphatic heterocycles. The Morgan fingerprint density at radius 1 is 1.05 bits per heavy atom. The van der Waals surface area contributed by atoms with Gasteiger partial charge in [0.1, 0.15) is 18.8 Å². The van der Waals surface area contributed by atoms with Crippen LogP contribution in [0.25, 0.3) is 0 Å². The van der Waals surface area contributed by atoms with Gasteiger partial charge in [-0.25, -0.2) is 5.14 Å². The molecular formula is C11H19NO8S. The molecule has 0 saturated carbocycles. The number of nitrogens with two attached hydrogens (primary N) is 1. The fourth-order valence-corrected chi connectivity index (χ4v) is 3.19. The summed E-state index contributed by atoms with van der Waals surface area (Å²) in [6.45, 7) is 6.42. The molecule has 3 saturated heterocycles. The standard InChI is InChI=1S/C11H19NO8S/c1-9(2)16-6-7-11(19-8(6)18-9,5-15-21(12,13)14)20-10(3,4)17-7/h6-8H,5H2,1-4H3,(H2,12,13,14)/t6-,7?,8+,11-/m0/s1. The third-order valence-electron chi connectivity index (χ3n) is 3.39. The van der Waals surface area contributed by atoms with Crippen molar-refractivity contribution in [3.05, 3.63) is 0 Å². The van der Waals surface area contributed by atoms with Crippen molar-refractivity contribution in [3.63, 3.8) is 0 Å². The van der Waals surface area contributed by atoms with Crippen LogP contribution >= 0.6 is 0 Å². The van der Waals surface area contributed by atoms with Gasteiger partial charge in [-0.15, -0.1) is 0 Å². The third-order valence-corrected chi connectivity index (χ3v) is 3.84. The minimum Gasteiger partial charge on any atom is -0.339 e. The van der Waals surface area contributed by atoms with Crippen molar-refractivity contribution in [1.29, 1.82) is 0 Å². The quantitative estimate of drug-likeness (QED) is 0.742. The lowest BCUT2D eigenvalue weighted by Crippen LogP contribution is -2.47. The molecule has 0 bridgehead atoms. The summed E-state index contributed by atoms with van der Waals surface area (Å²) in [5, 5.41) is 4.86. The first kappa shape index (κ1) is 15.6. The summed E-state index contributed by atoms with van der Waals surface area (Å²) >= 11 is 0. The second-order valence-corrected chi connectivity index (χ2v) is 7.41. The minimum absolute atomic E-state index is 0.444. The summed E-state index contributed by atoms with van der Waals surface area (Å²) in [6.07, 6.45) is -1.97. The molecular weight excluding hydrogens is 306 g/mol. The van der Waals surface area contributed by atoms with Gasteiger partial charge in [-0.1, -0.05) is 0 Å². The predicted molar refractivity (Wildman–Crippen MR) is 66.7 cm³/mol. The highest BCUT2D eigenvalue weighted by Crippen LogP contribution is 2.50. The molecule has 9 nitrogen and oxygen atoms in total. The summed E-state index contributed by atoms with van der Waals surface area (Å²) in [4.78, 5) is 0. The predicted octanol–water partition coefficient (Wildman–Crippen LogP) is -0.438. The second kappa shape index (κ2) is 4.36. The molecule has 0 aromatic carbocycles. The van der Waals surface area contributed by atoms with Crippen LogP contribution in [0.3, 0.4) is 0 Å². The molecule has 0 aliphatic carbocycles. The summed E-state index contributed by atoms with van der Waals surface area (Å²) < 4.78 is 55.2. The molecule has 3 aliphatic rings. The van der Waals surface area contributed by atoms with Crippen molar-refractivity contribution >= 4 is 10.3 Å². The lowest BCUT2D eigenvalue weighted by molar-refractivity contribution is -0.310. The van der Waals surface area contributed by atoms with Crippen LogP contribution < -0.4 is 5.14 Å². The first-order valence-corrected chi connectivity index (χ1v) is 7.97. The van der Waals surface area contributed by atoms with E-state index in [2.05, 4.69) is 4.18 Å². The average molecular weight is 325 g/mol. The normalized spacial score (nSPS) is 43.8. The van der Waals surface area contributed by atoms with Crippen molar-refractivity contribution in [2.75, 3.05) is 6.61 Å². The van der Waals surface area contributed by atoms with Crippen LogP contribution in [0.4, 0.5) is 0 Å². The minimum atomic E-state index is -4.14. The fraction of sp³-hybridized carbons (Fsp3) is 1.00. The first-order chi connectivity index (χ1) is 9.42. The van der Waals surface area contributed by atoms with Gasteiger partial charge >= 0.3 is 10.3 Å². The molecule has 3 fully saturated rings. The highest BCUT2D eigenvalue weighted by molar-refractivity contribution is 7.84. The maximum Gasteiger partial charge on any atom is 0.333 e. The second-order valence-electron chi connectivity index (χ2n) is 6.19. The van der Waals surface area contributed by atoms with Gasteiger partial charge in [-0.2, -0.15) is 8.42 Å². The molecule has 0 radical (unpaired) electrons. The highest BCUT2D eigenvalue weighted by Gasteiger charge is 2.69. The number of hydrogen-bond acceptors (Lipinski definition) is 8. The van der Waals surface area contributed by atoms with Crippen LogP contribution in [-0.2, 0) is 38.2 Å². The molecule has 3 heterocycles. The zero-order valence-corrected chi connectivity index (χ0v) is 13.0. The smallest absolute Gasteiger partial charge is 0.333 e. The molecule has 4 atom stereocenters. The average Bonchev–Trinajstić information content (AvgIpc) is 2.77. The summed E-state index contributed by atoms with van der Waals surface area (Å²) in [5.41, 5.74) is 0.